The van der Waals surface area contributed by atoms with E-state index in [4.69, 9.17) is 15.2 Å². The van der Waals surface area contributed by atoms with Gasteiger partial charge in [-0.2, -0.15) is 0 Å². The maximum atomic E-state index is 12.5. The Kier molecular flexibility index (Phi) is 7.22. The number of nitrogens with one attached hydrogen (secondary N) is 2. The van der Waals surface area contributed by atoms with Crippen LogP contribution in [0.25, 0.3) is 16.6 Å². The highest BCUT2D eigenvalue weighted by Gasteiger charge is 2.08. The van der Waals surface area contributed by atoms with Crippen LogP contribution in [-0.4, -0.2) is 23.4 Å². The van der Waals surface area contributed by atoms with Gasteiger partial charge in [-0.25, -0.2) is 0 Å². The first kappa shape index (κ1) is 23.3. The van der Waals surface area contributed by atoms with Crippen LogP contribution in [0.3, 0.4) is 0 Å². The molecule has 176 valence electrons. The highest BCUT2D eigenvalue weighted by Crippen LogP contribution is 2.24. The zero-order valence-corrected chi connectivity index (χ0v) is 18.9. The number of benzene rings is 3. The number of carbonyl (C=O) groups excluding carboxylic acids is 2. The van der Waals surface area contributed by atoms with Crippen molar-refractivity contribution in [2.75, 3.05) is 6.61 Å². The van der Waals surface area contributed by atoms with Gasteiger partial charge in [-0.15, -0.1) is 0 Å². The summed E-state index contributed by atoms with van der Waals surface area (Å²) in [6, 6.07) is 23.7. The van der Waals surface area contributed by atoms with Crippen LogP contribution in [0.2, 0.25) is 0 Å². The SMILES string of the molecule is C=C(NNC(=O)c1ccc(COc2cccc3cccnc23)cc1)c1ccc(OCC(N)=O)cc1. The molecule has 0 bridgehead atoms. The van der Waals surface area contributed by atoms with Crippen LogP contribution in [0.4, 0.5) is 0 Å². The Morgan fingerprint density at radius 2 is 1.57 bits per heavy atom. The number of amides is 2. The molecule has 0 unspecified atom stereocenters. The summed E-state index contributed by atoms with van der Waals surface area (Å²) >= 11 is 0. The zero-order chi connectivity index (χ0) is 24.6. The van der Waals surface area contributed by atoms with Gasteiger partial charge in [0, 0.05) is 17.1 Å². The molecular formula is C27H24N4O4. The molecule has 0 spiro atoms. The van der Waals surface area contributed by atoms with E-state index in [-0.39, 0.29) is 12.5 Å². The molecular weight excluding hydrogens is 444 g/mol. The molecule has 2 amide bonds. The van der Waals surface area contributed by atoms with E-state index in [0.29, 0.717) is 29.4 Å². The largest absolute Gasteiger partial charge is 0.487 e. The summed E-state index contributed by atoms with van der Waals surface area (Å²) in [5.74, 6) is 0.356. The number of nitrogens with zero attached hydrogens (tertiary/aromatic N) is 1. The summed E-state index contributed by atoms with van der Waals surface area (Å²) in [4.78, 5) is 27.7. The number of nitrogens with two attached hydrogens (primary N) is 1. The molecule has 4 rings (SSSR count). The Balaban J connectivity index is 1.28. The number of fused-ring (bicyclic) bond motifs is 1. The van der Waals surface area contributed by atoms with Crippen LogP contribution >= 0.6 is 0 Å². The standard InChI is InChI=1S/C27H24N4O4/c1-18(20-11-13-23(14-12-20)34-17-25(28)32)30-31-27(33)22-9-7-19(8-10-22)16-35-24-6-2-4-21-5-3-15-29-26(21)24/h2-15,30H,1,16-17H2,(H2,28,32)(H,31,33). The van der Waals surface area contributed by atoms with E-state index in [9.17, 15) is 9.59 Å². The molecule has 0 radical (unpaired) electrons. The third-order valence-corrected chi connectivity index (χ3v) is 5.12. The van der Waals surface area contributed by atoms with Gasteiger partial charge in [0.2, 0.25) is 0 Å². The van der Waals surface area contributed by atoms with E-state index in [0.717, 1.165) is 22.0 Å². The lowest BCUT2D eigenvalue weighted by Crippen LogP contribution is -2.35. The predicted octanol–water partition coefficient (Wildman–Crippen LogP) is 3.58. The van der Waals surface area contributed by atoms with Crippen molar-refractivity contribution in [1.82, 2.24) is 15.8 Å². The molecule has 8 nitrogen and oxygen atoms in total. The zero-order valence-electron chi connectivity index (χ0n) is 18.9. The minimum absolute atomic E-state index is 0.195. The quantitative estimate of drug-likeness (QED) is 0.307. The normalized spacial score (nSPS) is 10.4. The number of pyridine rings is 1. The van der Waals surface area contributed by atoms with Crippen LogP contribution in [0.15, 0.2) is 91.6 Å². The smallest absolute Gasteiger partial charge is 0.269 e. The summed E-state index contributed by atoms with van der Waals surface area (Å²) in [6.45, 7) is 4.08. The first-order chi connectivity index (χ1) is 17.0. The van der Waals surface area contributed by atoms with Gasteiger partial charge in [0.1, 0.15) is 23.6 Å². The predicted molar refractivity (Wildman–Crippen MR) is 133 cm³/mol. The topological polar surface area (TPSA) is 116 Å². The monoisotopic (exact) mass is 468 g/mol. The first-order valence-electron chi connectivity index (χ1n) is 10.8. The van der Waals surface area contributed by atoms with Crippen molar-refractivity contribution in [2.45, 2.75) is 6.61 Å². The fraction of sp³-hybridized carbons (Fsp3) is 0.0741. The number of ether oxygens (including phenoxy) is 2. The third kappa shape index (κ3) is 6.14. The fourth-order valence-corrected chi connectivity index (χ4v) is 3.29. The second-order valence-corrected chi connectivity index (χ2v) is 7.65. The second-order valence-electron chi connectivity index (χ2n) is 7.65. The molecule has 0 saturated heterocycles. The van der Waals surface area contributed by atoms with Gasteiger partial charge in [0.15, 0.2) is 6.61 Å². The molecule has 0 fully saturated rings. The maximum absolute atomic E-state index is 12.5. The van der Waals surface area contributed by atoms with Gasteiger partial charge >= 0.3 is 0 Å². The van der Waals surface area contributed by atoms with E-state index in [1.807, 2.05) is 42.5 Å². The van der Waals surface area contributed by atoms with Crippen molar-refractivity contribution in [1.29, 1.82) is 0 Å². The number of hydrogen-bond acceptors (Lipinski definition) is 6. The number of hydrazine groups is 1. The molecule has 0 aliphatic rings. The Morgan fingerprint density at radius 3 is 2.31 bits per heavy atom. The minimum atomic E-state index is -0.550. The highest BCUT2D eigenvalue weighted by atomic mass is 16.5. The minimum Gasteiger partial charge on any atom is -0.487 e. The van der Waals surface area contributed by atoms with Gasteiger partial charge in [-0.05, 0) is 59.7 Å². The molecule has 1 heterocycles. The van der Waals surface area contributed by atoms with Crippen molar-refractivity contribution in [2.24, 2.45) is 5.73 Å². The molecule has 0 atom stereocenters. The van der Waals surface area contributed by atoms with Crippen molar-refractivity contribution in [3.8, 4) is 11.5 Å². The summed E-state index contributed by atoms with van der Waals surface area (Å²) in [6.07, 6.45) is 1.74. The highest BCUT2D eigenvalue weighted by molar-refractivity contribution is 5.94. The molecule has 1 aromatic heterocycles. The average molecular weight is 469 g/mol. The maximum Gasteiger partial charge on any atom is 0.269 e. The van der Waals surface area contributed by atoms with E-state index >= 15 is 0 Å². The number of primary amides is 1. The molecule has 3 aromatic carbocycles. The Hall–Kier alpha value is -4.85. The lowest BCUT2D eigenvalue weighted by Gasteiger charge is -2.12. The van der Waals surface area contributed by atoms with Crippen molar-refractivity contribution >= 4 is 28.4 Å². The fourth-order valence-electron chi connectivity index (χ4n) is 3.29. The third-order valence-electron chi connectivity index (χ3n) is 5.12. The Morgan fingerprint density at radius 1 is 0.857 bits per heavy atom. The first-order valence-corrected chi connectivity index (χ1v) is 10.8. The molecule has 4 N–H and O–H groups in total. The van der Waals surface area contributed by atoms with Crippen LogP contribution in [-0.2, 0) is 11.4 Å². The second kappa shape index (κ2) is 10.8. The molecule has 0 aliphatic carbocycles. The summed E-state index contributed by atoms with van der Waals surface area (Å²) in [5, 5.41) is 1.01. The lowest BCUT2D eigenvalue weighted by molar-refractivity contribution is -0.119. The number of aromatic nitrogens is 1. The van der Waals surface area contributed by atoms with Gasteiger partial charge in [0.25, 0.3) is 11.8 Å². The van der Waals surface area contributed by atoms with Crippen LogP contribution < -0.4 is 26.1 Å². The number of rotatable bonds is 10. The van der Waals surface area contributed by atoms with Gasteiger partial charge < -0.3 is 15.2 Å². The molecule has 0 saturated carbocycles. The van der Waals surface area contributed by atoms with Gasteiger partial charge in [0.05, 0.1) is 5.70 Å². The summed E-state index contributed by atoms with van der Waals surface area (Å²) < 4.78 is 11.2. The average Bonchev–Trinajstić information content (AvgIpc) is 2.89. The van der Waals surface area contributed by atoms with E-state index < -0.39 is 5.91 Å². The van der Waals surface area contributed by atoms with E-state index in [1.165, 1.54) is 0 Å². The molecule has 35 heavy (non-hydrogen) atoms. The Bertz CT molecular complexity index is 1350. The molecule has 0 aliphatic heterocycles. The summed E-state index contributed by atoms with van der Waals surface area (Å²) in [7, 11) is 0. The van der Waals surface area contributed by atoms with Crippen molar-refractivity contribution in [3.63, 3.8) is 0 Å². The van der Waals surface area contributed by atoms with E-state index in [1.54, 1.807) is 42.6 Å². The number of carbonyl (C=O) groups is 2. The molecule has 8 heteroatoms. The Labute approximate surface area is 202 Å². The number of hydrogen-bond donors (Lipinski definition) is 3. The van der Waals surface area contributed by atoms with Crippen LogP contribution in [0.1, 0.15) is 21.5 Å². The summed E-state index contributed by atoms with van der Waals surface area (Å²) in [5.41, 5.74) is 13.9. The van der Waals surface area contributed by atoms with Gasteiger partial charge in [-0.1, -0.05) is 36.9 Å². The lowest BCUT2D eigenvalue weighted by atomic mass is 10.1. The van der Waals surface area contributed by atoms with Crippen molar-refractivity contribution in [3.05, 3.63) is 108 Å². The molecule has 4 aromatic rings. The number of para-hydroxylation sites is 1. The van der Waals surface area contributed by atoms with E-state index in [2.05, 4.69) is 22.4 Å². The van der Waals surface area contributed by atoms with Gasteiger partial charge in [-0.3, -0.25) is 25.4 Å². The van der Waals surface area contributed by atoms with Crippen LogP contribution in [0, 0.1) is 0 Å². The van der Waals surface area contributed by atoms with Crippen LogP contribution in [0.5, 0.6) is 11.5 Å². The van der Waals surface area contributed by atoms with Crippen molar-refractivity contribution < 1.29 is 19.1 Å².